The Kier molecular flexibility index (Phi) is 4.26. The van der Waals surface area contributed by atoms with Gasteiger partial charge in [0, 0.05) is 36.9 Å². The Morgan fingerprint density at radius 1 is 1.27 bits per heavy atom. The summed E-state index contributed by atoms with van der Waals surface area (Å²) in [4.78, 5) is 24.4. The number of rotatable bonds is 3. The number of aromatic nitrogens is 2. The van der Waals surface area contributed by atoms with E-state index in [0.29, 0.717) is 19.8 Å². The zero-order valence-electron chi connectivity index (χ0n) is 13.0. The lowest BCUT2D eigenvalue weighted by Crippen LogP contribution is -2.45. The van der Waals surface area contributed by atoms with E-state index in [4.69, 9.17) is 9.84 Å². The Balaban J connectivity index is 1.87. The normalized spacial score (nSPS) is 25.8. The lowest BCUT2D eigenvalue weighted by atomic mass is 10.1. The Labute approximate surface area is 129 Å². The van der Waals surface area contributed by atoms with Crippen molar-refractivity contribution < 1.29 is 14.6 Å². The molecule has 2 aliphatic heterocycles. The molecule has 22 heavy (non-hydrogen) atoms. The molecule has 1 aromatic rings. The Morgan fingerprint density at radius 3 is 2.68 bits per heavy atom. The molecule has 2 saturated heterocycles. The highest BCUT2D eigenvalue weighted by molar-refractivity contribution is 5.69. The minimum Gasteiger partial charge on any atom is -0.480 e. The van der Waals surface area contributed by atoms with Crippen molar-refractivity contribution in [1.29, 1.82) is 0 Å². The third-order valence-corrected chi connectivity index (χ3v) is 4.13. The first kappa shape index (κ1) is 15.2. The Bertz CT molecular complexity index is 545. The van der Waals surface area contributed by atoms with E-state index < -0.39 is 5.97 Å². The van der Waals surface area contributed by atoms with Gasteiger partial charge < -0.3 is 14.7 Å². The minimum absolute atomic E-state index is 0.0779. The smallest absolute Gasteiger partial charge is 0.317 e. The van der Waals surface area contributed by atoms with Gasteiger partial charge in [0.1, 0.15) is 0 Å². The number of hydrogen-bond acceptors (Lipinski definition) is 6. The molecule has 1 aromatic heterocycles. The SMILES string of the molecule is Cc1cc(C)nc(N2C[C@H]3COC[C@@H]2CN(CC(=O)O)C3)n1. The van der Waals surface area contributed by atoms with Crippen LogP contribution < -0.4 is 4.90 Å². The third kappa shape index (κ3) is 3.36. The predicted octanol–water partition coefficient (Wildman–Crippen LogP) is 0.315. The third-order valence-electron chi connectivity index (χ3n) is 4.13. The minimum atomic E-state index is -0.782. The number of fused-ring (bicyclic) bond motifs is 3. The van der Waals surface area contributed by atoms with Crippen LogP contribution in [0.5, 0.6) is 0 Å². The van der Waals surface area contributed by atoms with Crippen molar-refractivity contribution in [2.24, 2.45) is 5.92 Å². The van der Waals surface area contributed by atoms with Gasteiger partial charge in [-0.2, -0.15) is 0 Å². The second-order valence-corrected chi connectivity index (χ2v) is 6.25. The monoisotopic (exact) mass is 306 g/mol. The highest BCUT2D eigenvalue weighted by atomic mass is 16.5. The Hall–Kier alpha value is -1.73. The molecule has 2 fully saturated rings. The van der Waals surface area contributed by atoms with Crippen LogP contribution in [-0.4, -0.2) is 71.4 Å². The van der Waals surface area contributed by atoms with Crippen LogP contribution in [0.2, 0.25) is 0 Å². The van der Waals surface area contributed by atoms with Crippen molar-refractivity contribution in [3.05, 3.63) is 17.5 Å². The Morgan fingerprint density at radius 2 is 2.00 bits per heavy atom. The van der Waals surface area contributed by atoms with Crippen molar-refractivity contribution >= 4 is 11.9 Å². The number of carbonyl (C=O) groups is 1. The number of hydrogen-bond donors (Lipinski definition) is 1. The molecule has 1 N–H and O–H groups in total. The van der Waals surface area contributed by atoms with E-state index >= 15 is 0 Å². The molecular weight excluding hydrogens is 284 g/mol. The zero-order valence-corrected chi connectivity index (χ0v) is 13.0. The first-order valence-electron chi connectivity index (χ1n) is 7.62. The molecule has 0 unspecified atom stereocenters. The van der Waals surface area contributed by atoms with Crippen molar-refractivity contribution in [2.45, 2.75) is 19.9 Å². The number of carboxylic acid groups (broad SMARTS) is 1. The van der Waals surface area contributed by atoms with E-state index in [9.17, 15) is 4.79 Å². The summed E-state index contributed by atoms with van der Waals surface area (Å²) in [7, 11) is 0. The molecule has 0 aromatic carbocycles. The highest BCUT2D eigenvalue weighted by Crippen LogP contribution is 2.23. The molecule has 0 amide bonds. The summed E-state index contributed by atoms with van der Waals surface area (Å²) in [6.07, 6.45) is 0. The fourth-order valence-corrected chi connectivity index (χ4v) is 3.34. The summed E-state index contributed by atoms with van der Waals surface area (Å²) in [6.45, 7) is 7.48. The molecule has 2 atom stereocenters. The molecule has 7 nitrogen and oxygen atoms in total. The van der Waals surface area contributed by atoms with Gasteiger partial charge >= 0.3 is 5.97 Å². The standard InChI is InChI=1S/C15H22N4O3/c1-10-3-11(2)17-15(16-10)19-5-12-4-18(7-14(20)21)6-13(19)9-22-8-12/h3,12-13H,4-9H2,1-2H3,(H,20,21)/t12-,13-/m0/s1. The number of ether oxygens (including phenoxy) is 1. The summed E-state index contributed by atoms with van der Waals surface area (Å²) in [6, 6.07) is 2.05. The summed E-state index contributed by atoms with van der Waals surface area (Å²) in [5, 5.41) is 9.07. The van der Waals surface area contributed by atoms with Crippen molar-refractivity contribution in [2.75, 3.05) is 44.3 Å². The van der Waals surface area contributed by atoms with E-state index in [1.165, 1.54) is 0 Å². The van der Waals surface area contributed by atoms with Crippen LogP contribution in [-0.2, 0) is 9.53 Å². The molecule has 2 bridgehead atoms. The number of carboxylic acids is 1. The topological polar surface area (TPSA) is 78.8 Å². The van der Waals surface area contributed by atoms with Gasteiger partial charge in [-0.3, -0.25) is 9.69 Å². The van der Waals surface area contributed by atoms with Gasteiger partial charge in [-0.05, 0) is 19.9 Å². The molecular formula is C15H22N4O3. The lowest BCUT2D eigenvalue weighted by molar-refractivity contribution is -0.138. The molecule has 0 aliphatic carbocycles. The molecule has 120 valence electrons. The molecule has 2 aliphatic rings. The average molecular weight is 306 g/mol. The van der Waals surface area contributed by atoms with Crippen LogP contribution in [0.3, 0.4) is 0 Å². The van der Waals surface area contributed by atoms with Crippen LogP contribution in [0.1, 0.15) is 11.4 Å². The van der Waals surface area contributed by atoms with Gasteiger partial charge in [0.05, 0.1) is 25.8 Å². The van der Waals surface area contributed by atoms with E-state index in [1.54, 1.807) is 0 Å². The quantitative estimate of drug-likeness (QED) is 0.861. The summed E-state index contributed by atoms with van der Waals surface area (Å²) >= 11 is 0. The first-order valence-corrected chi connectivity index (χ1v) is 7.62. The van der Waals surface area contributed by atoms with Crippen molar-refractivity contribution in [3.8, 4) is 0 Å². The zero-order chi connectivity index (χ0) is 15.7. The van der Waals surface area contributed by atoms with Gasteiger partial charge in [0.15, 0.2) is 0 Å². The van der Waals surface area contributed by atoms with Crippen LogP contribution >= 0.6 is 0 Å². The molecule has 0 spiro atoms. The van der Waals surface area contributed by atoms with Crippen molar-refractivity contribution in [3.63, 3.8) is 0 Å². The van der Waals surface area contributed by atoms with E-state index in [-0.39, 0.29) is 18.5 Å². The molecule has 3 heterocycles. The number of anilines is 1. The maximum atomic E-state index is 11.0. The number of aryl methyl sites for hydroxylation is 2. The molecule has 0 saturated carbocycles. The second kappa shape index (κ2) is 6.18. The highest BCUT2D eigenvalue weighted by Gasteiger charge is 2.35. The number of nitrogens with zero attached hydrogens (tertiary/aromatic N) is 4. The number of aliphatic carboxylic acids is 1. The predicted molar refractivity (Wildman–Crippen MR) is 81.0 cm³/mol. The summed E-state index contributed by atoms with van der Waals surface area (Å²) in [5.41, 5.74) is 1.90. The average Bonchev–Trinajstić information content (AvgIpc) is 2.67. The second-order valence-electron chi connectivity index (χ2n) is 6.25. The van der Waals surface area contributed by atoms with Crippen LogP contribution in [0.4, 0.5) is 5.95 Å². The van der Waals surface area contributed by atoms with Crippen LogP contribution in [0, 0.1) is 19.8 Å². The van der Waals surface area contributed by atoms with Gasteiger partial charge in [-0.15, -0.1) is 0 Å². The van der Waals surface area contributed by atoms with Gasteiger partial charge in [0.2, 0.25) is 5.95 Å². The fraction of sp³-hybridized carbons (Fsp3) is 0.667. The van der Waals surface area contributed by atoms with E-state index in [0.717, 1.165) is 30.4 Å². The molecule has 3 rings (SSSR count). The van der Waals surface area contributed by atoms with Gasteiger partial charge in [-0.25, -0.2) is 9.97 Å². The summed E-state index contributed by atoms with van der Waals surface area (Å²) < 4.78 is 5.76. The fourth-order valence-electron chi connectivity index (χ4n) is 3.34. The van der Waals surface area contributed by atoms with Crippen LogP contribution in [0.15, 0.2) is 6.07 Å². The first-order chi connectivity index (χ1) is 10.5. The largest absolute Gasteiger partial charge is 0.480 e. The van der Waals surface area contributed by atoms with Gasteiger partial charge in [0.25, 0.3) is 0 Å². The summed E-state index contributed by atoms with van der Waals surface area (Å²) in [5.74, 6) is 0.224. The van der Waals surface area contributed by atoms with E-state index in [1.807, 2.05) is 24.8 Å². The van der Waals surface area contributed by atoms with Crippen molar-refractivity contribution in [1.82, 2.24) is 14.9 Å². The van der Waals surface area contributed by atoms with Crippen LogP contribution in [0.25, 0.3) is 0 Å². The van der Waals surface area contributed by atoms with Gasteiger partial charge in [-0.1, -0.05) is 0 Å². The molecule has 0 radical (unpaired) electrons. The maximum absolute atomic E-state index is 11.0. The molecule has 7 heteroatoms. The lowest BCUT2D eigenvalue weighted by Gasteiger charge is -2.30. The van der Waals surface area contributed by atoms with E-state index in [2.05, 4.69) is 14.9 Å². The maximum Gasteiger partial charge on any atom is 0.317 e.